The van der Waals surface area contributed by atoms with Crippen LogP contribution in [0, 0.1) is 0 Å². The van der Waals surface area contributed by atoms with Gasteiger partial charge in [-0.05, 0) is 38.0 Å². The van der Waals surface area contributed by atoms with E-state index in [0.29, 0.717) is 36.7 Å². The van der Waals surface area contributed by atoms with Crippen LogP contribution >= 0.6 is 0 Å². The summed E-state index contributed by atoms with van der Waals surface area (Å²) in [6, 6.07) is 2.27. The van der Waals surface area contributed by atoms with Gasteiger partial charge in [0.05, 0.1) is 13.2 Å². The van der Waals surface area contributed by atoms with Gasteiger partial charge in [0.2, 0.25) is 0 Å². The maximum Gasteiger partial charge on any atom is 0.325 e. The van der Waals surface area contributed by atoms with Crippen LogP contribution in [0.1, 0.15) is 31.0 Å². The third-order valence-electron chi connectivity index (χ3n) is 2.73. The van der Waals surface area contributed by atoms with Gasteiger partial charge in [0.1, 0.15) is 6.04 Å². The van der Waals surface area contributed by atoms with E-state index in [0.717, 1.165) is 5.56 Å². The molecule has 5 heteroatoms. The van der Waals surface area contributed by atoms with Crippen molar-refractivity contribution in [3.05, 3.63) is 35.9 Å². The maximum atomic E-state index is 11.0. The first-order valence-corrected chi connectivity index (χ1v) is 6.56. The van der Waals surface area contributed by atoms with Gasteiger partial charge in [-0.1, -0.05) is 6.08 Å². The molecule has 0 bridgehead atoms. The van der Waals surface area contributed by atoms with Crippen molar-refractivity contribution in [1.29, 1.82) is 0 Å². The number of nitrogens with two attached hydrogens (primary N) is 1. The summed E-state index contributed by atoms with van der Waals surface area (Å²) in [6.45, 7) is 8.38. The van der Waals surface area contributed by atoms with Crippen LogP contribution in [0.4, 0.5) is 0 Å². The predicted molar refractivity (Wildman–Crippen MR) is 77.2 cm³/mol. The monoisotopic (exact) mass is 279 g/mol. The summed E-state index contributed by atoms with van der Waals surface area (Å²) in [6.07, 6.45) is 2.28. The molecule has 3 N–H and O–H groups in total. The molecule has 0 saturated heterocycles. The van der Waals surface area contributed by atoms with Crippen LogP contribution in [-0.4, -0.2) is 24.3 Å². The summed E-state index contributed by atoms with van der Waals surface area (Å²) < 4.78 is 11.1. The normalized spacial score (nSPS) is 11.8. The molecular weight excluding hydrogens is 258 g/mol. The van der Waals surface area contributed by atoms with Gasteiger partial charge in [-0.2, -0.15) is 0 Å². The quantitative estimate of drug-likeness (QED) is 0.713. The average Bonchev–Trinajstić information content (AvgIpc) is 2.41. The highest BCUT2D eigenvalue weighted by atomic mass is 16.5. The lowest BCUT2D eigenvalue weighted by molar-refractivity contribution is -0.138. The number of carbonyl (C=O) groups is 1. The molecule has 110 valence electrons. The third kappa shape index (κ3) is 3.74. The highest BCUT2D eigenvalue weighted by Gasteiger charge is 2.20. The first-order chi connectivity index (χ1) is 9.54. The van der Waals surface area contributed by atoms with Crippen molar-refractivity contribution in [2.24, 2.45) is 5.73 Å². The van der Waals surface area contributed by atoms with Crippen molar-refractivity contribution in [2.75, 3.05) is 13.2 Å². The largest absolute Gasteiger partial charge is 0.490 e. The Morgan fingerprint density at radius 3 is 2.55 bits per heavy atom. The van der Waals surface area contributed by atoms with Crippen LogP contribution in [0.15, 0.2) is 24.8 Å². The van der Waals surface area contributed by atoms with E-state index < -0.39 is 12.0 Å². The SMILES string of the molecule is C=CCc1cc([C@H](N)C(=O)O)cc(OCC)c1OCC. The van der Waals surface area contributed by atoms with Gasteiger partial charge in [0.15, 0.2) is 11.5 Å². The van der Waals surface area contributed by atoms with Gasteiger partial charge in [-0.25, -0.2) is 0 Å². The second kappa shape index (κ2) is 7.55. The number of allylic oxidation sites excluding steroid dienone is 1. The number of carboxylic acid groups (broad SMARTS) is 1. The molecule has 20 heavy (non-hydrogen) atoms. The average molecular weight is 279 g/mol. The van der Waals surface area contributed by atoms with Crippen LogP contribution in [0.2, 0.25) is 0 Å². The smallest absolute Gasteiger partial charge is 0.325 e. The van der Waals surface area contributed by atoms with Gasteiger partial charge >= 0.3 is 5.97 Å². The number of rotatable bonds is 8. The summed E-state index contributed by atoms with van der Waals surface area (Å²) >= 11 is 0. The molecule has 1 aromatic rings. The Morgan fingerprint density at radius 1 is 1.40 bits per heavy atom. The van der Waals surface area contributed by atoms with E-state index in [9.17, 15) is 4.79 Å². The molecule has 0 aliphatic rings. The van der Waals surface area contributed by atoms with Crippen LogP contribution < -0.4 is 15.2 Å². The van der Waals surface area contributed by atoms with Crippen molar-refractivity contribution in [3.63, 3.8) is 0 Å². The molecule has 0 saturated carbocycles. The zero-order valence-electron chi connectivity index (χ0n) is 11.9. The zero-order valence-corrected chi connectivity index (χ0v) is 11.9. The van der Waals surface area contributed by atoms with Crippen molar-refractivity contribution < 1.29 is 19.4 Å². The van der Waals surface area contributed by atoms with E-state index in [1.807, 2.05) is 13.8 Å². The van der Waals surface area contributed by atoms with E-state index in [-0.39, 0.29) is 0 Å². The molecular formula is C15H21NO4. The topological polar surface area (TPSA) is 81.8 Å². The molecule has 1 aromatic carbocycles. The van der Waals surface area contributed by atoms with Gasteiger partial charge in [-0.3, -0.25) is 4.79 Å². The highest BCUT2D eigenvalue weighted by Crippen LogP contribution is 2.35. The molecule has 0 unspecified atom stereocenters. The van der Waals surface area contributed by atoms with Crippen molar-refractivity contribution in [2.45, 2.75) is 26.3 Å². The fourth-order valence-corrected chi connectivity index (χ4v) is 1.88. The molecule has 0 amide bonds. The summed E-state index contributed by atoms with van der Waals surface area (Å²) in [4.78, 5) is 11.0. The minimum atomic E-state index is -1.09. The molecule has 0 aromatic heterocycles. The summed E-state index contributed by atoms with van der Waals surface area (Å²) in [5.74, 6) is 0.0529. The van der Waals surface area contributed by atoms with Gasteiger partial charge in [0, 0.05) is 5.56 Å². The Hall–Kier alpha value is -2.01. The Bertz CT molecular complexity index is 485. The van der Waals surface area contributed by atoms with Gasteiger partial charge < -0.3 is 20.3 Å². The third-order valence-corrected chi connectivity index (χ3v) is 2.73. The second-order valence-electron chi connectivity index (χ2n) is 4.18. The fourth-order valence-electron chi connectivity index (χ4n) is 1.88. The molecule has 0 radical (unpaired) electrons. The number of hydrogen-bond acceptors (Lipinski definition) is 4. The second-order valence-corrected chi connectivity index (χ2v) is 4.18. The number of carboxylic acids is 1. The van der Waals surface area contributed by atoms with Crippen LogP contribution in [0.5, 0.6) is 11.5 Å². The molecule has 1 atom stereocenters. The minimum absolute atomic E-state index is 0.458. The number of aliphatic carboxylic acids is 1. The van der Waals surface area contributed by atoms with Gasteiger partial charge in [-0.15, -0.1) is 6.58 Å². The van der Waals surface area contributed by atoms with Crippen molar-refractivity contribution in [1.82, 2.24) is 0 Å². The maximum absolute atomic E-state index is 11.0. The number of hydrogen-bond donors (Lipinski definition) is 2. The molecule has 0 spiro atoms. The summed E-state index contributed by atoms with van der Waals surface area (Å²) in [5.41, 5.74) is 6.98. The Kier molecular flexibility index (Phi) is 6.06. The highest BCUT2D eigenvalue weighted by molar-refractivity contribution is 5.76. The molecule has 5 nitrogen and oxygen atoms in total. The van der Waals surface area contributed by atoms with E-state index in [1.54, 1.807) is 18.2 Å². The molecule has 0 aliphatic heterocycles. The van der Waals surface area contributed by atoms with Crippen molar-refractivity contribution >= 4 is 5.97 Å². The minimum Gasteiger partial charge on any atom is -0.490 e. The van der Waals surface area contributed by atoms with Gasteiger partial charge in [0.25, 0.3) is 0 Å². The van der Waals surface area contributed by atoms with Crippen LogP contribution in [0.25, 0.3) is 0 Å². The molecule has 0 heterocycles. The predicted octanol–water partition coefficient (Wildman–Crippen LogP) is 2.30. The lowest BCUT2D eigenvalue weighted by atomic mass is 10.0. The molecule has 0 aliphatic carbocycles. The standard InChI is InChI=1S/C15H21NO4/c1-4-7-10-8-11(13(16)15(17)18)9-12(19-5-2)14(10)20-6-3/h4,8-9,13H,1,5-7,16H2,2-3H3,(H,17,18)/t13-/m0/s1. The first-order valence-electron chi connectivity index (χ1n) is 6.56. The Balaban J connectivity index is 3.35. The summed E-state index contributed by atoms with van der Waals surface area (Å²) in [5, 5.41) is 9.03. The first kappa shape index (κ1) is 16.0. The molecule has 1 rings (SSSR count). The van der Waals surface area contributed by atoms with Crippen LogP contribution in [0.3, 0.4) is 0 Å². The lowest BCUT2D eigenvalue weighted by Crippen LogP contribution is -2.21. The zero-order chi connectivity index (χ0) is 15.1. The molecule has 0 fully saturated rings. The van der Waals surface area contributed by atoms with Crippen molar-refractivity contribution in [3.8, 4) is 11.5 Å². The number of ether oxygens (including phenoxy) is 2. The van der Waals surface area contributed by atoms with E-state index in [4.69, 9.17) is 20.3 Å². The Labute approximate surface area is 119 Å². The van der Waals surface area contributed by atoms with E-state index >= 15 is 0 Å². The Morgan fingerprint density at radius 2 is 2.05 bits per heavy atom. The van der Waals surface area contributed by atoms with E-state index in [2.05, 4.69) is 6.58 Å². The number of benzene rings is 1. The summed E-state index contributed by atoms with van der Waals surface area (Å²) in [7, 11) is 0. The lowest BCUT2D eigenvalue weighted by Gasteiger charge is -2.18. The fraction of sp³-hybridized carbons (Fsp3) is 0.400. The van der Waals surface area contributed by atoms with E-state index in [1.165, 1.54) is 0 Å². The van der Waals surface area contributed by atoms with Crippen LogP contribution in [-0.2, 0) is 11.2 Å².